The molecular formula is C17H27NO. The van der Waals surface area contributed by atoms with Gasteiger partial charge in [-0.25, -0.2) is 0 Å². The first-order valence-electron chi connectivity index (χ1n) is 7.53. The van der Waals surface area contributed by atoms with Crippen LogP contribution in [-0.4, -0.2) is 12.2 Å². The minimum absolute atomic E-state index is 0.0140. The van der Waals surface area contributed by atoms with Gasteiger partial charge < -0.3 is 10.5 Å². The van der Waals surface area contributed by atoms with Gasteiger partial charge >= 0.3 is 0 Å². The van der Waals surface area contributed by atoms with Gasteiger partial charge in [0.1, 0.15) is 0 Å². The predicted octanol–water partition coefficient (Wildman–Crippen LogP) is 3.98. The molecule has 1 aromatic carbocycles. The zero-order valence-corrected chi connectivity index (χ0v) is 12.5. The standard InChI is InChI=1S/C17H27NO/c1-4-19-17(10-8-13(2)9-11-17)16(18)15-7-5-6-14(3)12-15/h5-7,12-13,16H,4,8-11,18H2,1-3H3. The van der Waals surface area contributed by atoms with E-state index in [0.717, 1.165) is 25.4 Å². The summed E-state index contributed by atoms with van der Waals surface area (Å²) in [7, 11) is 0. The molecule has 19 heavy (non-hydrogen) atoms. The van der Waals surface area contributed by atoms with Crippen molar-refractivity contribution in [3.8, 4) is 0 Å². The summed E-state index contributed by atoms with van der Waals surface area (Å²) in [6.07, 6.45) is 4.60. The molecule has 1 unspecified atom stereocenters. The third-order valence-corrected chi connectivity index (χ3v) is 4.52. The molecule has 1 saturated carbocycles. The van der Waals surface area contributed by atoms with Gasteiger partial charge in [-0.2, -0.15) is 0 Å². The second kappa shape index (κ2) is 6.06. The molecule has 0 heterocycles. The first kappa shape index (κ1) is 14.5. The SMILES string of the molecule is CCOC1(C(N)c2cccc(C)c2)CCC(C)CC1. The molecule has 2 rings (SSSR count). The van der Waals surface area contributed by atoms with E-state index in [4.69, 9.17) is 10.5 Å². The van der Waals surface area contributed by atoms with Crippen molar-refractivity contribution in [2.75, 3.05) is 6.61 Å². The van der Waals surface area contributed by atoms with Crippen LogP contribution in [-0.2, 0) is 4.74 Å². The van der Waals surface area contributed by atoms with Gasteiger partial charge in [0.15, 0.2) is 0 Å². The van der Waals surface area contributed by atoms with Crippen molar-refractivity contribution >= 4 is 0 Å². The van der Waals surface area contributed by atoms with E-state index in [1.807, 2.05) is 0 Å². The fourth-order valence-electron chi connectivity index (χ4n) is 3.25. The van der Waals surface area contributed by atoms with Crippen LogP contribution in [0.5, 0.6) is 0 Å². The topological polar surface area (TPSA) is 35.2 Å². The van der Waals surface area contributed by atoms with Crippen LogP contribution in [0.2, 0.25) is 0 Å². The highest BCUT2D eigenvalue weighted by molar-refractivity contribution is 5.27. The summed E-state index contributed by atoms with van der Waals surface area (Å²) in [6, 6.07) is 8.53. The zero-order valence-electron chi connectivity index (χ0n) is 12.5. The molecule has 0 amide bonds. The quantitative estimate of drug-likeness (QED) is 0.889. The largest absolute Gasteiger partial charge is 0.373 e. The maximum Gasteiger partial charge on any atom is 0.0874 e. The maximum atomic E-state index is 6.58. The smallest absolute Gasteiger partial charge is 0.0874 e. The molecule has 0 bridgehead atoms. The van der Waals surface area contributed by atoms with E-state index >= 15 is 0 Å². The van der Waals surface area contributed by atoms with Crippen LogP contribution < -0.4 is 5.73 Å². The number of aryl methyl sites for hydroxylation is 1. The van der Waals surface area contributed by atoms with E-state index in [2.05, 4.69) is 45.0 Å². The van der Waals surface area contributed by atoms with E-state index in [1.54, 1.807) is 0 Å². The minimum atomic E-state index is -0.158. The highest BCUT2D eigenvalue weighted by Crippen LogP contribution is 2.42. The van der Waals surface area contributed by atoms with Gasteiger partial charge in [0.25, 0.3) is 0 Å². The first-order chi connectivity index (χ1) is 9.07. The van der Waals surface area contributed by atoms with E-state index in [1.165, 1.54) is 24.0 Å². The fourth-order valence-corrected chi connectivity index (χ4v) is 3.25. The van der Waals surface area contributed by atoms with Crippen molar-refractivity contribution in [2.45, 2.75) is 58.1 Å². The van der Waals surface area contributed by atoms with Gasteiger partial charge in [0, 0.05) is 6.61 Å². The molecule has 1 aliphatic rings. The van der Waals surface area contributed by atoms with Crippen molar-refractivity contribution in [3.63, 3.8) is 0 Å². The van der Waals surface area contributed by atoms with Gasteiger partial charge in [-0.15, -0.1) is 0 Å². The van der Waals surface area contributed by atoms with Gasteiger partial charge in [0.2, 0.25) is 0 Å². The third kappa shape index (κ3) is 3.18. The van der Waals surface area contributed by atoms with Crippen LogP contribution >= 0.6 is 0 Å². The number of hydrogen-bond donors (Lipinski definition) is 1. The third-order valence-electron chi connectivity index (χ3n) is 4.52. The summed E-state index contributed by atoms with van der Waals surface area (Å²) in [5.74, 6) is 0.804. The molecular weight excluding hydrogens is 234 g/mol. The van der Waals surface area contributed by atoms with Gasteiger partial charge in [0.05, 0.1) is 11.6 Å². The Kier molecular flexibility index (Phi) is 4.64. The fraction of sp³-hybridized carbons (Fsp3) is 0.647. The lowest BCUT2D eigenvalue weighted by Gasteiger charge is -2.43. The molecule has 2 N–H and O–H groups in total. The van der Waals surface area contributed by atoms with Gasteiger partial charge in [-0.05, 0) is 51.0 Å². The number of benzene rings is 1. The molecule has 1 atom stereocenters. The Hall–Kier alpha value is -0.860. The average Bonchev–Trinajstić information content (AvgIpc) is 2.41. The Labute approximate surface area is 117 Å². The molecule has 1 fully saturated rings. The Morgan fingerprint density at radius 2 is 2.05 bits per heavy atom. The van der Waals surface area contributed by atoms with E-state index in [0.29, 0.717) is 0 Å². The monoisotopic (exact) mass is 261 g/mol. The Morgan fingerprint density at radius 3 is 2.63 bits per heavy atom. The molecule has 0 aliphatic heterocycles. The molecule has 0 aromatic heterocycles. The number of hydrogen-bond acceptors (Lipinski definition) is 2. The van der Waals surface area contributed by atoms with E-state index in [9.17, 15) is 0 Å². The van der Waals surface area contributed by atoms with Crippen molar-refractivity contribution < 1.29 is 4.74 Å². The number of rotatable bonds is 4. The van der Waals surface area contributed by atoms with Crippen molar-refractivity contribution in [3.05, 3.63) is 35.4 Å². The van der Waals surface area contributed by atoms with Crippen LogP contribution in [0.25, 0.3) is 0 Å². The van der Waals surface area contributed by atoms with Crippen LogP contribution in [0.1, 0.15) is 56.7 Å². The molecule has 0 spiro atoms. The van der Waals surface area contributed by atoms with Crippen LogP contribution in [0.15, 0.2) is 24.3 Å². The second-order valence-corrected chi connectivity index (χ2v) is 6.07. The Morgan fingerprint density at radius 1 is 1.37 bits per heavy atom. The lowest BCUT2D eigenvalue weighted by atomic mass is 9.73. The van der Waals surface area contributed by atoms with Crippen LogP contribution in [0.4, 0.5) is 0 Å². The van der Waals surface area contributed by atoms with E-state index in [-0.39, 0.29) is 11.6 Å². The molecule has 2 nitrogen and oxygen atoms in total. The zero-order chi connectivity index (χ0) is 13.9. The van der Waals surface area contributed by atoms with Crippen molar-refractivity contribution in [1.29, 1.82) is 0 Å². The summed E-state index contributed by atoms with van der Waals surface area (Å²) in [5.41, 5.74) is 8.90. The van der Waals surface area contributed by atoms with Crippen molar-refractivity contribution in [1.82, 2.24) is 0 Å². The van der Waals surface area contributed by atoms with Crippen LogP contribution in [0, 0.1) is 12.8 Å². The summed E-state index contributed by atoms with van der Waals surface area (Å²) < 4.78 is 6.15. The molecule has 106 valence electrons. The summed E-state index contributed by atoms with van der Waals surface area (Å²) in [5, 5.41) is 0. The first-order valence-corrected chi connectivity index (χ1v) is 7.53. The highest BCUT2D eigenvalue weighted by Gasteiger charge is 2.40. The average molecular weight is 261 g/mol. The highest BCUT2D eigenvalue weighted by atomic mass is 16.5. The number of ether oxygens (including phenoxy) is 1. The van der Waals surface area contributed by atoms with E-state index < -0.39 is 0 Å². The summed E-state index contributed by atoms with van der Waals surface area (Å²) in [6.45, 7) is 7.26. The van der Waals surface area contributed by atoms with Crippen LogP contribution in [0.3, 0.4) is 0 Å². The second-order valence-electron chi connectivity index (χ2n) is 6.07. The Bertz CT molecular complexity index is 407. The van der Waals surface area contributed by atoms with Crippen molar-refractivity contribution in [2.24, 2.45) is 11.7 Å². The summed E-state index contributed by atoms with van der Waals surface area (Å²) >= 11 is 0. The predicted molar refractivity (Wildman–Crippen MR) is 80.1 cm³/mol. The molecule has 2 heteroatoms. The number of nitrogens with two attached hydrogens (primary N) is 1. The molecule has 1 aliphatic carbocycles. The minimum Gasteiger partial charge on any atom is -0.373 e. The van der Waals surface area contributed by atoms with Gasteiger partial charge in [-0.1, -0.05) is 36.8 Å². The Balaban J connectivity index is 2.23. The molecule has 0 radical (unpaired) electrons. The molecule has 0 saturated heterocycles. The molecule has 1 aromatic rings. The maximum absolute atomic E-state index is 6.58. The van der Waals surface area contributed by atoms with Gasteiger partial charge in [-0.3, -0.25) is 0 Å². The lowest BCUT2D eigenvalue weighted by molar-refractivity contribution is -0.0896. The normalized spacial score (nSPS) is 29.2. The summed E-state index contributed by atoms with van der Waals surface area (Å²) in [4.78, 5) is 0. The lowest BCUT2D eigenvalue weighted by Crippen LogP contribution is -2.46.